The van der Waals surface area contributed by atoms with Crippen LogP contribution in [0.2, 0.25) is 0 Å². The Bertz CT molecular complexity index is 308. The summed E-state index contributed by atoms with van der Waals surface area (Å²) in [5.74, 6) is 1.60. The predicted molar refractivity (Wildman–Crippen MR) is 55.2 cm³/mol. The molecule has 1 aliphatic carbocycles. The molecule has 3 nitrogen and oxygen atoms in total. The van der Waals surface area contributed by atoms with Crippen molar-refractivity contribution in [2.45, 2.75) is 31.6 Å². The summed E-state index contributed by atoms with van der Waals surface area (Å²) in [4.78, 5) is 0. The number of H-pyrrole nitrogens is 1. The van der Waals surface area contributed by atoms with E-state index in [4.69, 9.17) is 0 Å². The van der Waals surface area contributed by atoms with Crippen LogP contribution in [0.25, 0.3) is 0 Å². The van der Waals surface area contributed by atoms with Gasteiger partial charge in [-0.3, -0.25) is 5.10 Å². The molecule has 0 aromatic carbocycles. The third kappa shape index (κ3) is 1.69. The van der Waals surface area contributed by atoms with Gasteiger partial charge in [0.25, 0.3) is 0 Å². The number of nitrogens with one attached hydrogen (secondary N) is 2. The monoisotopic (exact) mass is 191 g/mol. The molecule has 3 heteroatoms. The van der Waals surface area contributed by atoms with E-state index in [0.29, 0.717) is 0 Å². The lowest BCUT2D eigenvalue weighted by atomic mass is 10.0. The van der Waals surface area contributed by atoms with Gasteiger partial charge in [0.2, 0.25) is 0 Å². The van der Waals surface area contributed by atoms with E-state index in [1.807, 2.05) is 0 Å². The topological polar surface area (TPSA) is 40.7 Å². The molecule has 1 atom stereocenters. The minimum absolute atomic E-state index is 0.779. The molecule has 14 heavy (non-hydrogen) atoms. The zero-order valence-corrected chi connectivity index (χ0v) is 8.42. The van der Waals surface area contributed by atoms with Crippen molar-refractivity contribution in [3.8, 4) is 0 Å². The third-order valence-corrected chi connectivity index (χ3v) is 3.32. The summed E-state index contributed by atoms with van der Waals surface area (Å²) in [6.07, 6.45) is 5.18. The van der Waals surface area contributed by atoms with Gasteiger partial charge in [-0.1, -0.05) is 0 Å². The SMILES string of the molecule is c1c(C2CC2)n[nH]c1CC1CCNC1. The minimum atomic E-state index is 0.779. The van der Waals surface area contributed by atoms with Crippen molar-refractivity contribution in [1.29, 1.82) is 0 Å². The highest BCUT2D eigenvalue weighted by molar-refractivity contribution is 5.17. The normalized spacial score (nSPS) is 27.0. The number of hydrogen-bond donors (Lipinski definition) is 2. The summed E-state index contributed by atoms with van der Waals surface area (Å²) in [6, 6.07) is 2.27. The van der Waals surface area contributed by atoms with Gasteiger partial charge in [0.1, 0.15) is 0 Å². The maximum Gasteiger partial charge on any atom is 0.0655 e. The van der Waals surface area contributed by atoms with Gasteiger partial charge >= 0.3 is 0 Å². The van der Waals surface area contributed by atoms with Crippen molar-refractivity contribution >= 4 is 0 Å². The van der Waals surface area contributed by atoms with Crippen molar-refractivity contribution in [2.24, 2.45) is 5.92 Å². The van der Waals surface area contributed by atoms with Gasteiger partial charge in [0, 0.05) is 11.6 Å². The lowest BCUT2D eigenvalue weighted by molar-refractivity contribution is 0.571. The van der Waals surface area contributed by atoms with E-state index in [9.17, 15) is 0 Å². The molecule has 0 amide bonds. The second-order valence-corrected chi connectivity index (χ2v) is 4.66. The fraction of sp³-hybridized carbons (Fsp3) is 0.727. The zero-order chi connectivity index (χ0) is 9.38. The first-order valence-corrected chi connectivity index (χ1v) is 5.67. The second kappa shape index (κ2) is 3.39. The largest absolute Gasteiger partial charge is 0.316 e. The van der Waals surface area contributed by atoms with E-state index in [2.05, 4.69) is 21.6 Å². The Kier molecular flexibility index (Phi) is 2.05. The Morgan fingerprint density at radius 1 is 1.36 bits per heavy atom. The highest BCUT2D eigenvalue weighted by Gasteiger charge is 2.26. The molecule has 2 fully saturated rings. The molecule has 76 valence electrons. The second-order valence-electron chi connectivity index (χ2n) is 4.66. The highest BCUT2D eigenvalue weighted by atomic mass is 15.1. The zero-order valence-electron chi connectivity index (χ0n) is 8.42. The van der Waals surface area contributed by atoms with Gasteiger partial charge in [-0.25, -0.2) is 0 Å². The number of nitrogens with zero attached hydrogens (tertiary/aromatic N) is 1. The molecule has 0 bridgehead atoms. The first-order valence-electron chi connectivity index (χ1n) is 5.67. The van der Waals surface area contributed by atoms with Crippen LogP contribution < -0.4 is 5.32 Å². The van der Waals surface area contributed by atoms with Gasteiger partial charge in [-0.2, -0.15) is 5.10 Å². The fourth-order valence-electron chi connectivity index (χ4n) is 2.27. The van der Waals surface area contributed by atoms with Crippen LogP contribution in [0.4, 0.5) is 0 Å². The number of hydrogen-bond acceptors (Lipinski definition) is 2. The van der Waals surface area contributed by atoms with E-state index in [1.54, 1.807) is 0 Å². The molecule has 3 rings (SSSR count). The summed E-state index contributed by atoms with van der Waals surface area (Å²) in [6.45, 7) is 2.37. The average Bonchev–Trinajstić information content (AvgIpc) is 2.75. The Morgan fingerprint density at radius 3 is 3.00 bits per heavy atom. The standard InChI is InChI=1S/C11H17N3/c1-2-9(1)11-6-10(13-14-11)5-8-3-4-12-7-8/h6,8-9,12H,1-5,7H2,(H,13,14). The molecule has 1 saturated carbocycles. The lowest BCUT2D eigenvalue weighted by Gasteiger charge is -2.04. The minimum Gasteiger partial charge on any atom is -0.316 e. The summed E-state index contributed by atoms with van der Waals surface area (Å²) in [7, 11) is 0. The number of rotatable bonds is 3. The highest BCUT2D eigenvalue weighted by Crippen LogP contribution is 2.39. The molecule has 2 N–H and O–H groups in total. The van der Waals surface area contributed by atoms with Crippen LogP contribution in [0.1, 0.15) is 36.6 Å². The van der Waals surface area contributed by atoms with E-state index in [0.717, 1.165) is 11.8 Å². The number of aromatic nitrogens is 2. The van der Waals surface area contributed by atoms with Gasteiger partial charge in [0.05, 0.1) is 5.69 Å². The van der Waals surface area contributed by atoms with Crippen molar-refractivity contribution in [1.82, 2.24) is 15.5 Å². The van der Waals surface area contributed by atoms with Gasteiger partial charge in [0.15, 0.2) is 0 Å². The van der Waals surface area contributed by atoms with Crippen LogP contribution in [0.5, 0.6) is 0 Å². The molecule has 1 aromatic rings. The third-order valence-electron chi connectivity index (χ3n) is 3.32. The summed E-state index contributed by atoms with van der Waals surface area (Å²) in [5.41, 5.74) is 2.63. The lowest BCUT2D eigenvalue weighted by Crippen LogP contribution is -2.10. The van der Waals surface area contributed by atoms with Crippen molar-refractivity contribution in [3.63, 3.8) is 0 Å². The van der Waals surface area contributed by atoms with E-state index in [1.165, 1.54) is 50.2 Å². The van der Waals surface area contributed by atoms with Crippen LogP contribution in [0, 0.1) is 5.92 Å². The van der Waals surface area contributed by atoms with Crippen LogP contribution in [0.3, 0.4) is 0 Å². The molecule has 1 unspecified atom stereocenters. The van der Waals surface area contributed by atoms with Gasteiger partial charge in [-0.05, 0) is 50.8 Å². The van der Waals surface area contributed by atoms with E-state index >= 15 is 0 Å². The van der Waals surface area contributed by atoms with Crippen LogP contribution in [0.15, 0.2) is 6.07 Å². The molecule has 1 aliphatic heterocycles. The molecule has 2 aliphatic rings. The fourth-order valence-corrected chi connectivity index (χ4v) is 2.27. The van der Waals surface area contributed by atoms with Crippen LogP contribution >= 0.6 is 0 Å². The van der Waals surface area contributed by atoms with Gasteiger partial charge < -0.3 is 5.32 Å². The molecule has 1 aromatic heterocycles. The quantitative estimate of drug-likeness (QED) is 0.759. The summed E-state index contributed by atoms with van der Waals surface area (Å²) >= 11 is 0. The number of aromatic amines is 1. The maximum atomic E-state index is 4.37. The van der Waals surface area contributed by atoms with Crippen LogP contribution in [-0.2, 0) is 6.42 Å². The Hall–Kier alpha value is -0.830. The molecule has 0 radical (unpaired) electrons. The van der Waals surface area contributed by atoms with Crippen molar-refractivity contribution in [2.75, 3.05) is 13.1 Å². The first-order chi connectivity index (χ1) is 6.92. The molecular weight excluding hydrogens is 174 g/mol. The Labute approximate surface area is 84.3 Å². The molecule has 0 spiro atoms. The van der Waals surface area contributed by atoms with Crippen molar-refractivity contribution in [3.05, 3.63) is 17.5 Å². The average molecular weight is 191 g/mol. The molecule has 1 saturated heterocycles. The summed E-state index contributed by atoms with van der Waals surface area (Å²) in [5, 5.41) is 11.0. The maximum absolute atomic E-state index is 4.37. The van der Waals surface area contributed by atoms with Crippen molar-refractivity contribution < 1.29 is 0 Å². The van der Waals surface area contributed by atoms with E-state index in [-0.39, 0.29) is 0 Å². The predicted octanol–water partition coefficient (Wildman–Crippen LogP) is 1.44. The smallest absolute Gasteiger partial charge is 0.0655 e. The van der Waals surface area contributed by atoms with E-state index < -0.39 is 0 Å². The molecule has 2 heterocycles. The summed E-state index contributed by atoms with van der Waals surface area (Å²) < 4.78 is 0. The van der Waals surface area contributed by atoms with Gasteiger partial charge in [-0.15, -0.1) is 0 Å². The molecular formula is C11H17N3. The van der Waals surface area contributed by atoms with Crippen LogP contribution in [-0.4, -0.2) is 23.3 Å². The first kappa shape index (κ1) is 8.48. The Morgan fingerprint density at radius 2 is 2.29 bits per heavy atom. The Balaban J connectivity index is 1.64.